The van der Waals surface area contributed by atoms with E-state index in [-0.39, 0.29) is 0 Å². The molecule has 2 nitrogen and oxygen atoms in total. The Hall–Kier alpha value is -0.860. The summed E-state index contributed by atoms with van der Waals surface area (Å²) in [6.07, 6.45) is 6.71. The molecule has 0 aromatic heterocycles. The Morgan fingerprint density at radius 1 is 1.20 bits per heavy atom. The van der Waals surface area contributed by atoms with Crippen molar-refractivity contribution in [1.82, 2.24) is 10.2 Å². The number of piperidine rings is 1. The van der Waals surface area contributed by atoms with Crippen LogP contribution in [0.2, 0.25) is 0 Å². The zero-order valence-electron chi connectivity index (χ0n) is 12.9. The van der Waals surface area contributed by atoms with Crippen molar-refractivity contribution >= 4 is 0 Å². The molecule has 20 heavy (non-hydrogen) atoms. The second-order valence-electron chi connectivity index (χ2n) is 6.43. The summed E-state index contributed by atoms with van der Waals surface area (Å²) >= 11 is 0. The molecular formula is C18H28N2. The van der Waals surface area contributed by atoms with Gasteiger partial charge in [0.15, 0.2) is 0 Å². The number of hydrogen-bond donors (Lipinski definition) is 1. The summed E-state index contributed by atoms with van der Waals surface area (Å²) in [4.78, 5) is 2.82. The molecule has 1 saturated heterocycles. The topological polar surface area (TPSA) is 15.3 Å². The van der Waals surface area contributed by atoms with Gasteiger partial charge >= 0.3 is 0 Å². The molecule has 0 spiro atoms. The average Bonchev–Trinajstić information content (AvgIpc) is 3.32. The van der Waals surface area contributed by atoms with Crippen LogP contribution in [-0.2, 0) is 6.42 Å². The molecule has 3 rings (SSSR count). The van der Waals surface area contributed by atoms with Crippen molar-refractivity contribution in [2.45, 2.75) is 51.1 Å². The Morgan fingerprint density at radius 3 is 2.70 bits per heavy atom. The molecule has 0 bridgehead atoms. The van der Waals surface area contributed by atoms with E-state index in [9.17, 15) is 0 Å². The monoisotopic (exact) mass is 272 g/mol. The zero-order chi connectivity index (χ0) is 13.9. The minimum atomic E-state index is 0.639. The van der Waals surface area contributed by atoms with Crippen LogP contribution in [0.25, 0.3) is 0 Å². The summed E-state index contributed by atoms with van der Waals surface area (Å²) in [6, 6.07) is 10.6. The second-order valence-corrected chi connectivity index (χ2v) is 6.43. The van der Waals surface area contributed by atoms with Crippen LogP contribution in [-0.4, -0.2) is 31.1 Å². The molecule has 2 heteroatoms. The summed E-state index contributed by atoms with van der Waals surface area (Å²) in [6.45, 7) is 4.73. The molecule has 2 atom stereocenters. The molecule has 110 valence electrons. The van der Waals surface area contributed by atoms with Crippen molar-refractivity contribution in [2.75, 3.05) is 20.1 Å². The lowest BCUT2D eigenvalue weighted by Crippen LogP contribution is -2.43. The first-order valence-electron chi connectivity index (χ1n) is 8.33. The predicted octanol–water partition coefficient (Wildman–Crippen LogP) is 3.38. The van der Waals surface area contributed by atoms with Gasteiger partial charge in [-0.05, 0) is 69.3 Å². The second kappa shape index (κ2) is 6.28. The molecule has 2 fully saturated rings. The van der Waals surface area contributed by atoms with Crippen LogP contribution in [0.5, 0.6) is 0 Å². The van der Waals surface area contributed by atoms with Crippen LogP contribution < -0.4 is 5.32 Å². The minimum absolute atomic E-state index is 0.639. The lowest BCUT2D eigenvalue weighted by Gasteiger charge is -2.43. The van der Waals surface area contributed by atoms with Gasteiger partial charge in [-0.15, -0.1) is 0 Å². The molecule has 1 aromatic carbocycles. The number of nitrogens with one attached hydrogen (secondary N) is 1. The van der Waals surface area contributed by atoms with Gasteiger partial charge in [0, 0.05) is 12.1 Å². The fourth-order valence-electron chi connectivity index (χ4n) is 3.97. The van der Waals surface area contributed by atoms with E-state index in [0.29, 0.717) is 6.04 Å². The van der Waals surface area contributed by atoms with E-state index in [1.165, 1.54) is 32.2 Å². The zero-order valence-corrected chi connectivity index (χ0v) is 12.9. The minimum Gasteiger partial charge on any atom is -0.319 e. The van der Waals surface area contributed by atoms with E-state index >= 15 is 0 Å². The summed E-state index contributed by atoms with van der Waals surface area (Å²) < 4.78 is 0. The SMILES string of the molecule is CCc1ccccc1C1C(CNC)CCCN1C1CC1. The van der Waals surface area contributed by atoms with Crippen molar-refractivity contribution in [3.05, 3.63) is 35.4 Å². The maximum Gasteiger partial charge on any atom is 0.0394 e. The summed E-state index contributed by atoms with van der Waals surface area (Å²) in [5.74, 6) is 0.766. The average molecular weight is 272 g/mol. The van der Waals surface area contributed by atoms with Gasteiger partial charge in [-0.2, -0.15) is 0 Å². The molecule has 2 unspecified atom stereocenters. The number of nitrogens with zero attached hydrogens (tertiary/aromatic N) is 1. The Kier molecular flexibility index (Phi) is 4.42. The maximum atomic E-state index is 3.43. The summed E-state index contributed by atoms with van der Waals surface area (Å²) in [5, 5.41) is 3.43. The number of hydrogen-bond acceptors (Lipinski definition) is 2. The third kappa shape index (κ3) is 2.77. The molecular weight excluding hydrogens is 244 g/mol. The fraction of sp³-hybridized carbons (Fsp3) is 0.667. The van der Waals surface area contributed by atoms with Gasteiger partial charge in [-0.1, -0.05) is 31.2 Å². The number of aryl methyl sites for hydroxylation is 1. The van der Waals surface area contributed by atoms with Crippen LogP contribution in [0.1, 0.15) is 49.8 Å². The quantitative estimate of drug-likeness (QED) is 0.884. The molecule has 1 aliphatic heterocycles. The number of rotatable bonds is 5. The van der Waals surface area contributed by atoms with Crippen molar-refractivity contribution in [3.63, 3.8) is 0 Å². The highest BCUT2D eigenvalue weighted by Crippen LogP contribution is 2.43. The molecule has 1 saturated carbocycles. The van der Waals surface area contributed by atoms with E-state index < -0.39 is 0 Å². The van der Waals surface area contributed by atoms with Crippen molar-refractivity contribution in [1.29, 1.82) is 0 Å². The normalized spacial score (nSPS) is 27.7. The fourth-order valence-corrected chi connectivity index (χ4v) is 3.97. The summed E-state index contributed by atoms with van der Waals surface area (Å²) in [5.41, 5.74) is 3.15. The first-order valence-corrected chi connectivity index (χ1v) is 8.33. The summed E-state index contributed by atoms with van der Waals surface area (Å²) in [7, 11) is 2.10. The maximum absolute atomic E-state index is 3.43. The molecule has 0 amide bonds. The van der Waals surface area contributed by atoms with E-state index in [0.717, 1.165) is 24.9 Å². The van der Waals surface area contributed by atoms with Crippen LogP contribution in [0.3, 0.4) is 0 Å². The van der Waals surface area contributed by atoms with Gasteiger partial charge in [0.2, 0.25) is 0 Å². The molecule has 1 heterocycles. The van der Waals surface area contributed by atoms with Gasteiger partial charge in [0.1, 0.15) is 0 Å². The highest BCUT2D eigenvalue weighted by Gasteiger charge is 2.40. The first kappa shape index (κ1) is 14.1. The Balaban J connectivity index is 1.93. The lowest BCUT2D eigenvalue weighted by atomic mass is 9.82. The third-order valence-corrected chi connectivity index (χ3v) is 5.03. The molecule has 1 N–H and O–H groups in total. The Morgan fingerprint density at radius 2 is 2.00 bits per heavy atom. The largest absolute Gasteiger partial charge is 0.319 e. The molecule has 2 aliphatic rings. The van der Waals surface area contributed by atoms with E-state index in [1.54, 1.807) is 11.1 Å². The van der Waals surface area contributed by atoms with Gasteiger partial charge in [0.05, 0.1) is 0 Å². The van der Waals surface area contributed by atoms with E-state index in [4.69, 9.17) is 0 Å². The molecule has 1 aliphatic carbocycles. The van der Waals surface area contributed by atoms with Crippen molar-refractivity contribution in [3.8, 4) is 0 Å². The third-order valence-electron chi connectivity index (χ3n) is 5.03. The van der Waals surface area contributed by atoms with E-state index in [1.807, 2.05) is 0 Å². The smallest absolute Gasteiger partial charge is 0.0394 e. The highest BCUT2D eigenvalue weighted by molar-refractivity contribution is 5.31. The Bertz CT molecular complexity index is 437. The van der Waals surface area contributed by atoms with Crippen LogP contribution in [0, 0.1) is 5.92 Å². The van der Waals surface area contributed by atoms with Crippen LogP contribution in [0.4, 0.5) is 0 Å². The number of likely N-dealkylation sites (tertiary alicyclic amines) is 1. The van der Waals surface area contributed by atoms with Gasteiger partial charge in [-0.25, -0.2) is 0 Å². The van der Waals surface area contributed by atoms with Crippen LogP contribution in [0.15, 0.2) is 24.3 Å². The highest BCUT2D eigenvalue weighted by atomic mass is 15.2. The van der Waals surface area contributed by atoms with Gasteiger partial charge in [-0.3, -0.25) is 4.90 Å². The van der Waals surface area contributed by atoms with Crippen LogP contribution >= 0.6 is 0 Å². The molecule has 1 aromatic rings. The van der Waals surface area contributed by atoms with Crippen molar-refractivity contribution < 1.29 is 0 Å². The van der Waals surface area contributed by atoms with E-state index in [2.05, 4.69) is 48.5 Å². The first-order chi connectivity index (χ1) is 9.85. The lowest BCUT2D eigenvalue weighted by molar-refractivity contribution is 0.0839. The van der Waals surface area contributed by atoms with Gasteiger partial charge < -0.3 is 5.32 Å². The predicted molar refractivity (Wildman–Crippen MR) is 84.9 cm³/mol. The standard InChI is InChI=1S/C18H28N2/c1-3-14-7-4-5-9-17(14)18-15(13-19-2)8-6-12-20(18)16-10-11-16/h4-5,7,9,15-16,18-19H,3,6,8,10-13H2,1-2H3. The van der Waals surface area contributed by atoms with Gasteiger partial charge in [0.25, 0.3) is 0 Å². The Labute approximate surface area is 123 Å². The number of benzene rings is 1. The van der Waals surface area contributed by atoms with Crippen molar-refractivity contribution in [2.24, 2.45) is 5.92 Å². The molecule has 0 radical (unpaired) electrons.